The third-order valence-electron chi connectivity index (χ3n) is 11.8. The Bertz CT molecular complexity index is 2170. The number of aliphatic carboxylic acids is 6. The van der Waals surface area contributed by atoms with Gasteiger partial charge in [-0.15, -0.1) is 0 Å². The maximum absolute atomic E-state index is 13.5. The highest BCUT2D eigenvalue weighted by atomic mass is 127. The lowest BCUT2D eigenvalue weighted by atomic mass is 10.1. The third-order valence-corrected chi connectivity index (χ3v) is 12.6. The number of unbranched alkanes of at least 4 members (excludes halogenated alkanes) is 2. The van der Waals surface area contributed by atoms with Crippen LogP contribution in [0.25, 0.3) is 0 Å². The first kappa shape index (κ1) is 61.8. The lowest BCUT2D eigenvalue weighted by Crippen LogP contribution is -2.51. The van der Waals surface area contributed by atoms with Crippen molar-refractivity contribution in [1.29, 1.82) is 0 Å². The minimum atomic E-state index is -1.54. The summed E-state index contributed by atoms with van der Waals surface area (Å²) in [4.78, 5) is 129. The van der Waals surface area contributed by atoms with Crippen molar-refractivity contribution in [3.05, 3.63) is 68.8 Å². The van der Waals surface area contributed by atoms with Crippen molar-refractivity contribution in [3.63, 3.8) is 0 Å². The molecule has 3 rings (SSSR count). The van der Waals surface area contributed by atoms with E-state index in [9.17, 15) is 73.5 Å². The van der Waals surface area contributed by atoms with Gasteiger partial charge in [0.05, 0.1) is 26.2 Å². The van der Waals surface area contributed by atoms with Crippen LogP contribution >= 0.6 is 22.6 Å². The summed E-state index contributed by atoms with van der Waals surface area (Å²) in [5, 5.41) is 66.3. The number of hydrogen-bond donors (Lipinski definition) is 10. The molecule has 1 saturated heterocycles. The number of halogens is 1. The van der Waals surface area contributed by atoms with Crippen LogP contribution in [0.3, 0.4) is 0 Å². The van der Waals surface area contributed by atoms with Crippen LogP contribution in [0, 0.1) is 3.57 Å². The normalized spacial score (nSPS) is 15.0. The number of nitrogens with one attached hydrogen (secondary N) is 4. The molecule has 0 aliphatic carbocycles. The molecule has 0 unspecified atom stereocenters. The summed E-state index contributed by atoms with van der Waals surface area (Å²) < 4.78 is 1.01. The Kier molecular flexibility index (Phi) is 27.9. The van der Waals surface area contributed by atoms with Crippen LogP contribution < -0.4 is 21.3 Å². The zero-order chi connectivity index (χ0) is 54.6. The van der Waals surface area contributed by atoms with Crippen LogP contribution in [0.4, 0.5) is 4.79 Å². The fourth-order valence-electron chi connectivity index (χ4n) is 7.78. The zero-order valence-corrected chi connectivity index (χ0v) is 43.3. The Morgan fingerprint density at radius 2 is 1.00 bits per heavy atom. The number of carbonyl (C=O) groups excluding carboxylic acids is 4. The number of urea groups is 1. The number of carbonyl (C=O) groups is 10. The maximum atomic E-state index is 13.5. The molecule has 1 aliphatic rings. The van der Waals surface area contributed by atoms with Gasteiger partial charge in [-0.2, -0.15) is 0 Å². The largest absolute Gasteiger partial charge is 0.481 e. The predicted molar refractivity (Wildman–Crippen MR) is 273 cm³/mol. The maximum Gasteiger partial charge on any atom is 0.326 e. The molecular weight excluding hydrogens is 1090 g/mol. The van der Waals surface area contributed by atoms with Crippen molar-refractivity contribution in [1.82, 2.24) is 45.8 Å². The standard InChI is InChI=1S/C48H68IN9O16/c49-36-13-9-34(10-14-36)28-58(18-4-2-5-37(46(70)71)52-48(74)53-38(47(72)73)15-16-41(61)62)40(60)6-1-3-17-50-45(69)35-11-7-33(8-12-35)27-51-39(59)29-54-19-21-55(30-42(63)64)23-25-57(32-44(67)68)26-24-56(22-20-54)31-43(65)66/h7-14,37-38H,1-6,15-32H2,(H,50,69)(H,51,59)(H,61,62)(H,63,64)(H,65,66)(H,67,68)(H,70,71)(H,72,73)(H2,52,53,74)/t37-,38-/m1/s1. The van der Waals surface area contributed by atoms with Crippen LogP contribution in [0.2, 0.25) is 0 Å². The minimum absolute atomic E-state index is 0.0287. The summed E-state index contributed by atoms with van der Waals surface area (Å²) in [5.41, 5.74) is 1.97. The van der Waals surface area contributed by atoms with Gasteiger partial charge in [0, 0.05) is 101 Å². The van der Waals surface area contributed by atoms with Crippen LogP contribution in [-0.4, -0.2) is 218 Å². The number of amides is 5. The SMILES string of the molecule is O=C(O)CC[C@@H](NC(=O)N[C@H](CCCCN(Cc1ccc(I)cc1)C(=O)CCCCNC(=O)c1ccc(CNC(=O)CN2CCN(CC(=O)O)CCN(CC(=O)O)CCN(CC(=O)O)CC2)cc1)C(=O)O)C(=O)O. The van der Waals surface area contributed by atoms with E-state index in [-0.39, 0.29) is 122 Å². The molecule has 408 valence electrons. The number of carboxylic acids is 6. The van der Waals surface area contributed by atoms with Crippen LogP contribution in [-0.2, 0) is 51.4 Å². The molecule has 0 radical (unpaired) electrons. The molecule has 5 amide bonds. The Balaban J connectivity index is 1.48. The molecule has 1 aliphatic heterocycles. The summed E-state index contributed by atoms with van der Waals surface area (Å²) in [6.07, 6.45) is 0.837. The second kappa shape index (κ2) is 33.4. The topological polar surface area (TPSA) is 356 Å². The molecule has 2 aromatic rings. The van der Waals surface area contributed by atoms with E-state index >= 15 is 0 Å². The molecule has 0 saturated carbocycles. The van der Waals surface area contributed by atoms with E-state index in [1.165, 1.54) is 0 Å². The molecule has 2 atom stereocenters. The molecule has 26 heteroatoms. The van der Waals surface area contributed by atoms with Crippen molar-refractivity contribution < 1.29 is 78.6 Å². The number of hydrogen-bond acceptors (Lipinski definition) is 14. The summed E-state index contributed by atoms with van der Waals surface area (Å²) in [7, 11) is 0. The van der Waals surface area contributed by atoms with Crippen LogP contribution in [0.5, 0.6) is 0 Å². The molecule has 2 aromatic carbocycles. The van der Waals surface area contributed by atoms with Gasteiger partial charge in [0.1, 0.15) is 12.1 Å². The second-order valence-electron chi connectivity index (χ2n) is 17.7. The monoisotopic (exact) mass is 1150 g/mol. The average molecular weight is 1150 g/mol. The first-order chi connectivity index (χ1) is 35.2. The van der Waals surface area contributed by atoms with Crippen molar-refractivity contribution in [2.24, 2.45) is 0 Å². The third kappa shape index (κ3) is 25.9. The second-order valence-corrected chi connectivity index (χ2v) is 19.0. The molecule has 0 aromatic heterocycles. The van der Waals surface area contributed by atoms with E-state index in [4.69, 9.17) is 5.11 Å². The molecular formula is C48H68IN9O16. The van der Waals surface area contributed by atoms with E-state index < -0.39 is 66.8 Å². The molecule has 0 bridgehead atoms. The van der Waals surface area contributed by atoms with Gasteiger partial charge in [0.2, 0.25) is 11.8 Å². The van der Waals surface area contributed by atoms with Gasteiger partial charge in [0.25, 0.3) is 5.91 Å². The molecule has 1 heterocycles. The van der Waals surface area contributed by atoms with Gasteiger partial charge in [-0.25, -0.2) is 14.4 Å². The smallest absolute Gasteiger partial charge is 0.326 e. The number of rotatable bonds is 30. The minimum Gasteiger partial charge on any atom is -0.481 e. The van der Waals surface area contributed by atoms with Crippen molar-refractivity contribution >= 4 is 82.2 Å². The molecule has 74 heavy (non-hydrogen) atoms. The summed E-state index contributed by atoms with van der Waals surface area (Å²) >= 11 is 2.17. The van der Waals surface area contributed by atoms with Gasteiger partial charge in [0.15, 0.2) is 0 Å². The van der Waals surface area contributed by atoms with E-state index in [0.717, 1.165) is 9.13 Å². The Morgan fingerprint density at radius 3 is 1.47 bits per heavy atom. The zero-order valence-electron chi connectivity index (χ0n) is 41.1. The Morgan fingerprint density at radius 1 is 0.527 bits per heavy atom. The Hall–Kier alpha value is -6.49. The van der Waals surface area contributed by atoms with E-state index in [1.807, 2.05) is 29.2 Å². The van der Waals surface area contributed by atoms with Gasteiger partial charge in [-0.05, 0) is 96.5 Å². The first-order valence-corrected chi connectivity index (χ1v) is 25.2. The van der Waals surface area contributed by atoms with Gasteiger partial charge >= 0.3 is 41.8 Å². The quantitative estimate of drug-likeness (QED) is 0.0377. The average Bonchev–Trinajstić information content (AvgIpc) is 3.33. The summed E-state index contributed by atoms with van der Waals surface area (Å²) in [5.74, 6) is -8.06. The van der Waals surface area contributed by atoms with E-state index in [0.29, 0.717) is 50.0 Å². The highest BCUT2D eigenvalue weighted by Crippen LogP contribution is 2.14. The first-order valence-electron chi connectivity index (χ1n) is 24.1. The number of carboxylic acid groups (broad SMARTS) is 6. The molecule has 1 fully saturated rings. The van der Waals surface area contributed by atoms with Crippen LogP contribution in [0.1, 0.15) is 72.9 Å². The molecule has 0 spiro atoms. The molecule has 25 nitrogen and oxygen atoms in total. The summed E-state index contributed by atoms with van der Waals surface area (Å²) in [6, 6.07) is 10.3. The Labute approximate surface area is 441 Å². The summed E-state index contributed by atoms with van der Waals surface area (Å²) in [6.45, 7) is 2.23. The number of benzene rings is 2. The van der Waals surface area contributed by atoms with Crippen molar-refractivity contribution in [2.45, 2.75) is 76.5 Å². The highest BCUT2D eigenvalue weighted by molar-refractivity contribution is 14.1. The lowest BCUT2D eigenvalue weighted by molar-refractivity contribution is -0.141. The fraction of sp³-hybridized carbons (Fsp3) is 0.542. The highest BCUT2D eigenvalue weighted by Gasteiger charge is 2.26. The molecule has 10 N–H and O–H groups in total. The van der Waals surface area contributed by atoms with Crippen molar-refractivity contribution in [2.75, 3.05) is 91.6 Å². The van der Waals surface area contributed by atoms with E-state index in [1.54, 1.807) is 43.9 Å². The van der Waals surface area contributed by atoms with Gasteiger partial charge in [-0.1, -0.05) is 24.3 Å². The predicted octanol–water partition coefficient (Wildman–Crippen LogP) is 0.552. The number of nitrogens with zero attached hydrogens (tertiary/aromatic N) is 5. The van der Waals surface area contributed by atoms with E-state index in [2.05, 4.69) is 43.9 Å². The van der Waals surface area contributed by atoms with Crippen LogP contribution in [0.15, 0.2) is 48.5 Å². The van der Waals surface area contributed by atoms with Crippen molar-refractivity contribution in [3.8, 4) is 0 Å². The lowest BCUT2D eigenvalue weighted by Gasteiger charge is -2.32. The fourth-order valence-corrected chi connectivity index (χ4v) is 8.14. The van der Waals surface area contributed by atoms with Gasteiger partial charge in [-0.3, -0.25) is 53.2 Å². The van der Waals surface area contributed by atoms with Gasteiger partial charge < -0.3 is 56.8 Å².